The summed E-state index contributed by atoms with van der Waals surface area (Å²) in [4.78, 5) is 18.6. The number of aryl methyl sites for hydroxylation is 2. The van der Waals surface area contributed by atoms with Crippen LogP contribution in [-0.2, 0) is 17.8 Å². The highest BCUT2D eigenvalue weighted by molar-refractivity contribution is 5.76. The smallest absolute Gasteiger partial charge is 0.223 e. The Balaban J connectivity index is 1.95. The average Bonchev–Trinajstić information content (AvgIpc) is 2.89. The second kappa shape index (κ2) is 7.07. The van der Waals surface area contributed by atoms with Gasteiger partial charge in [-0.25, -0.2) is 4.98 Å². The van der Waals surface area contributed by atoms with Gasteiger partial charge in [0.05, 0.1) is 5.69 Å². The van der Waals surface area contributed by atoms with E-state index in [0.717, 1.165) is 11.3 Å². The molecule has 4 nitrogen and oxygen atoms in total. The first kappa shape index (κ1) is 15.3. The Morgan fingerprint density at radius 1 is 1.29 bits per heavy atom. The van der Waals surface area contributed by atoms with E-state index in [-0.39, 0.29) is 11.9 Å². The lowest BCUT2D eigenvalue weighted by atomic mass is 10.1. The Hall–Kier alpha value is -2.10. The molecule has 112 valence electrons. The van der Waals surface area contributed by atoms with Crippen molar-refractivity contribution in [3.8, 4) is 0 Å². The highest BCUT2D eigenvalue weighted by Crippen LogP contribution is 2.12. The molecule has 2 aromatic rings. The first-order chi connectivity index (χ1) is 10.1. The highest BCUT2D eigenvalue weighted by Gasteiger charge is 2.17. The minimum atomic E-state index is 0.148. The van der Waals surface area contributed by atoms with Gasteiger partial charge in [-0.1, -0.05) is 30.3 Å². The average molecular weight is 286 g/mol. The first-order valence-corrected chi connectivity index (χ1v) is 7.30. The van der Waals surface area contributed by atoms with Gasteiger partial charge < -0.3 is 9.32 Å². The SMILES string of the molecule is Cc1nc(CCC(=O)N(Cc2ccccc2)C(C)C)co1. The summed E-state index contributed by atoms with van der Waals surface area (Å²) in [7, 11) is 0. The lowest BCUT2D eigenvalue weighted by molar-refractivity contribution is -0.133. The molecule has 21 heavy (non-hydrogen) atoms. The van der Waals surface area contributed by atoms with E-state index in [1.54, 1.807) is 13.2 Å². The zero-order chi connectivity index (χ0) is 15.2. The van der Waals surface area contributed by atoms with Crippen LogP contribution in [0.5, 0.6) is 0 Å². The van der Waals surface area contributed by atoms with Gasteiger partial charge in [-0.15, -0.1) is 0 Å². The molecule has 0 bridgehead atoms. The zero-order valence-corrected chi connectivity index (χ0v) is 12.9. The summed E-state index contributed by atoms with van der Waals surface area (Å²) in [5.41, 5.74) is 1.99. The molecular weight excluding hydrogens is 264 g/mol. The monoisotopic (exact) mass is 286 g/mol. The molecule has 0 aliphatic carbocycles. The van der Waals surface area contributed by atoms with E-state index in [4.69, 9.17) is 4.42 Å². The maximum atomic E-state index is 12.4. The third-order valence-corrected chi connectivity index (χ3v) is 3.40. The van der Waals surface area contributed by atoms with Gasteiger partial charge in [0, 0.05) is 32.4 Å². The summed E-state index contributed by atoms with van der Waals surface area (Å²) < 4.78 is 5.16. The number of rotatable bonds is 6. The molecule has 0 unspecified atom stereocenters. The Bertz CT molecular complexity index is 575. The van der Waals surface area contributed by atoms with Crippen LogP contribution in [-0.4, -0.2) is 21.8 Å². The predicted octanol–water partition coefficient (Wildman–Crippen LogP) is 3.35. The van der Waals surface area contributed by atoms with Gasteiger partial charge in [-0.05, 0) is 19.4 Å². The molecular formula is C17H22N2O2. The van der Waals surface area contributed by atoms with Crippen molar-refractivity contribution in [2.75, 3.05) is 0 Å². The summed E-state index contributed by atoms with van der Waals surface area (Å²) in [6.45, 7) is 6.54. The second-order valence-electron chi connectivity index (χ2n) is 5.46. The van der Waals surface area contributed by atoms with Crippen LogP contribution in [0.15, 0.2) is 41.0 Å². The van der Waals surface area contributed by atoms with Crippen molar-refractivity contribution in [2.45, 2.75) is 46.2 Å². The van der Waals surface area contributed by atoms with Gasteiger partial charge in [-0.2, -0.15) is 0 Å². The molecule has 4 heteroatoms. The molecule has 1 aromatic heterocycles. The van der Waals surface area contributed by atoms with Crippen LogP contribution in [0.4, 0.5) is 0 Å². The van der Waals surface area contributed by atoms with Crippen molar-refractivity contribution in [3.05, 3.63) is 53.7 Å². The Kier molecular flexibility index (Phi) is 5.14. The summed E-state index contributed by atoms with van der Waals surface area (Å²) >= 11 is 0. The van der Waals surface area contributed by atoms with Crippen LogP contribution in [0.2, 0.25) is 0 Å². The number of aromatic nitrogens is 1. The van der Waals surface area contributed by atoms with Gasteiger partial charge in [0.15, 0.2) is 5.89 Å². The largest absolute Gasteiger partial charge is 0.449 e. The van der Waals surface area contributed by atoms with Crippen molar-refractivity contribution in [1.29, 1.82) is 0 Å². The van der Waals surface area contributed by atoms with Crippen molar-refractivity contribution < 1.29 is 9.21 Å². The van der Waals surface area contributed by atoms with Crippen molar-refractivity contribution in [1.82, 2.24) is 9.88 Å². The number of carbonyl (C=O) groups excluding carboxylic acids is 1. The Morgan fingerprint density at radius 3 is 2.57 bits per heavy atom. The van der Waals surface area contributed by atoms with Gasteiger partial charge >= 0.3 is 0 Å². The molecule has 1 amide bonds. The minimum absolute atomic E-state index is 0.148. The normalized spacial score (nSPS) is 10.9. The standard InChI is InChI=1S/C17H22N2O2/c1-13(2)19(11-15-7-5-4-6-8-15)17(20)10-9-16-12-21-14(3)18-16/h4-8,12-13H,9-11H2,1-3H3. The molecule has 1 aromatic carbocycles. The summed E-state index contributed by atoms with van der Waals surface area (Å²) in [6.07, 6.45) is 2.70. The number of hydrogen-bond donors (Lipinski definition) is 0. The number of carbonyl (C=O) groups is 1. The lowest BCUT2D eigenvalue weighted by Gasteiger charge is -2.27. The molecule has 0 aliphatic rings. The van der Waals surface area contributed by atoms with Crippen molar-refractivity contribution in [2.24, 2.45) is 0 Å². The van der Waals surface area contributed by atoms with Crippen LogP contribution >= 0.6 is 0 Å². The summed E-state index contributed by atoms with van der Waals surface area (Å²) in [6, 6.07) is 10.2. The molecule has 0 fully saturated rings. The molecule has 0 radical (unpaired) electrons. The topological polar surface area (TPSA) is 46.3 Å². The predicted molar refractivity (Wildman–Crippen MR) is 81.7 cm³/mol. The quantitative estimate of drug-likeness (QED) is 0.818. The molecule has 0 N–H and O–H groups in total. The Morgan fingerprint density at radius 2 is 2.00 bits per heavy atom. The maximum absolute atomic E-state index is 12.4. The third kappa shape index (κ3) is 4.45. The van der Waals surface area contributed by atoms with Gasteiger partial charge in [0.25, 0.3) is 0 Å². The van der Waals surface area contributed by atoms with E-state index in [9.17, 15) is 4.79 Å². The molecule has 0 saturated carbocycles. The fraction of sp³-hybridized carbons (Fsp3) is 0.412. The molecule has 0 atom stereocenters. The van der Waals surface area contributed by atoms with Gasteiger partial charge in [-0.3, -0.25) is 4.79 Å². The number of nitrogens with zero attached hydrogens (tertiary/aromatic N) is 2. The second-order valence-corrected chi connectivity index (χ2v) is 5.46. The lowest BCUT2D eigenvalue weighted by Crippen LogP contribution is -2.36. The number of benzene rings is 1. The summed E-state index contributed by atoms with van der Waals surface area (Å²) in [5, 5.41) is 0. The van der Waals surface area contributed by atoms with Crippen LogP contribution in [0, 0.1) is 6.92 Å². The molecule has 1 heterocycles. The van der Waals surface area contributed by atoms with E-state index in [2.05, 4.69) is 4.98 Å². The molecule has 0 spiro atoms. The van der Waals surface area contributed by atoms with E-state index >= 15 is 0 Å². The van der Waals surface area contributed by atoms with E-state index in [1.807, 2.05) is 49.1 Å². The number of amides is 1. The molecule has 0 saturated heterocycles. The maximum Gasteiger partial charge on any atom is 0.223 e. The Labute approximate surface area is 125 Å². The zero-order valence-electron chi connectivity index (χ0n) is 12.9. The van der Waals surface area contributed by atoms with Crippen LogP contribution < -0.4 is 0 Å². The third-order valence-electron chi connectivity index (χ3n) is 3.40. The highest BCUT2D eigenvalue weighted by atomic mass is 16.3. The van der Waals surface area contributed by atoms with Crippen LogP contribution in [0.1, 0.15) is 37.4 Å². The first-order valence-electron chi connectivity index (χ1n) is 7.30. The number of hydrogen-bond acceptors (Lipinski definition) is 3. The minimum Gasteiger partial charge on any atom is -0.449 e. The number of oxazole rings is 1. The van der Waals surface area contributed by atoms with Crippen molar-refractivity contribution >= 4 is 5.91 Å². The van der Waals surface area contributed by atoms with E-state index in [1.165, 1.54) is 0 Å². The van der Waals surface area contributed by atoms with E-state index in [0.29, 0.717) is 25.3 Å². The fourth-order valence-corrected chi connectivity index (χ4v) is 2.24. The van der Waals surface area contributed by atoms with Crippen LogP contribution in [0.3, 0.4) is 0 Å². The van der Waals surface area contributed by atoms with Crippen LogP contribution in [0.25, 0.3) is 0 Å². The summed E-state index contributed by atoms with van der Waals surface area (Å²) in [5.74, 6) is 0.789. The van der Waals surface area contributed by atoms with E-state index < -0.39 is 0 Å². The molecule has 0 aliphatic heterocycles. The fourth-order valence-electron chi connectivity index (χ4n) is 2.24. The molecule has 2 rings (SSSR count). The van der Waals surface area contributed by atoms with Gasteiger partial charge in [0.1, 0.15) is 6.26 Å². The van der Waals surface area contributed by atoms with Gasteiger partial charge in [0.2, 0.25) is 5.91 Å². The van der Waals surface area contributed by atoms with Crippen molar-refractivity contribution in [3.63, 3.8) is 0 Å².